The Bertz CT molecular complexity index is 552. The van der Waals surface area contributed by atoms with E-state index in [9.17, 15) is 9.59 Å². The summed E-state index contributed by atoms with van der Waals surface area (Å²) in [5.41, 5.74) is -0.433. The first-order valence-corrected chi connectivity index (χ1v) is 9.40. The highest BCUT2D eigenvalue weighted by Crippen LogP contribution is 2.28. The van der Waals surface area contributed by atoms with Gasteiger partial charge in [0.15, 0.2) is 5.96 Å². The smallest absolute Gasteiger partial charge is 0.325 e. The van der Waals surface area contributed by atoms with Gasteiger partial charge in [-0.15, -0.1) is 24.0 Å². The lowest BCUT2D eigenvalue weighted by atomic mass is 9.93. The first-order chi connectivity index (χ1) is 11.7. The van der Waals surface area contributed by atoms with E-state index in [-0.39, 0.29) is 35.9 Å². The Morgan fingerprint density at radius 3 is 2.46 bits per heavy atom. The van der Waals surface area contributed by atoms with Crippen molar-refractivity contribution >= 4 is 41.9 Å². The Hall–Kier alpha value is -1.06. The van der Waals surface area contributed by atoms with Crippen LogP contribution in [0.25, 0.3) is 0 Å². The van der Waals surface area contributed by atoms with E-state index in [2.05, 4.69) is 36.3 Å². The second-order valence-electron chi connectivity index (χ2n) is 8.00. The maximum Gasteiger partial charge on any atom is 0.325 e. The molecule has 0 bridgehead atoms. The van der Waals surface area contributed by atoms with Gasteiger partial charge in [-0.05, 0) is 38.5 Å². The molecule has 7 nitrogen and oxygen atoms in total. The number of nitrogens with zero attached hydrogens (tertiary/aromatic N) is 3. The van der Waals surface area contributed by atoms with Gasteiger partial charge in [-0.1, -0.05) is 20.8 Å². The topological polar surface area (TPSA) is 77.0 Å². The second-order valence-corrected chi connectivity index (χ2v) is 8.00. The minimum atomic E-state index is -0.754. The minimum absolute atomic E-state index is 0. The molecule has 1 unspecified atom stereocenters. The number of aliphatic imine (C=N–C) groups is 1. The summed E-state index contributed by atoms with van der Waals surface area (Å²) in [7, 11) is 0. The van der Waals surface area contributed by atoms with Crippen LogP contribution in [-0.4, -0.2) is 66.0 Å². The first kappa shape index (κ1) is 23.0. The fourth-order valence-electron chi connectivity index (χ4n) is 3.32. The molecule has 2 N–H and O–H groups in total. The molecule has 150 valence electrons. The number of urea groups is 1. The number of amides is 3. The fourth-order valence-corrected chi connectivity index (χ4v) is 3.32. The Morgan fingerprint density at radius 1 is 1.27 bits per heavy atom. The number of carbonyl (C=O) groups is 2. The van der Waals surface area contributed by atoms with Crippen LogP contribution in [0.4, 0.5) is 4.79 Å². The number of guanidine groups is 1. The van der Waals surface area contributed by atoms with E-state index >= 15 is 0 Å². The lowest BCUT2D eigenvalue weighted by molar-refractivity contribution is -0.130. The minimum Gasteiger partial charge on any atom is -0.357 e. The largest absolute Gasteiger partial charge is 0.357 e. The molecule has 0 aromatic heterocycles. The molecule has 0 aromatic rings. The van der Waals surface area contributed by atoms with E-state index in [1.165, 1.54) is 4.90 Å². The molecule has 0 aliphatic carbocycles. The number of hydrogen-bond acceptors (Lipinski definition) is 3. The second kappa shape index (κ2) is 9.23. The van der Waals surface area contributed by atoms with Crippen molar-refractivity contribution in [2.45, 2.75) is 59.4 Å². The molecule has 2 heterocycles. The predicted octanol–water partition coefficient (Wildman–Crippen LogP) is 2.41. The van der Waals surface area contributed by atoms with Crippen LogP contribution < -0.4 is 10.6 Å². The van der Waals surface area contributed by atoms with Crippen LogP contribution in [0.1, 0.15) is 53.9 Å². The Kier molecular flexibility index (Phi) is 8.16. The zero-order valence-electron chi connectivity index (χ0n) is 16.7. The van der Waals surface area contributed by atoms with E-state index in [0.29, 0.717) is 31.3 Å². The summed E-state index contributed by atoms with van der Waals surface area (Å²) in [6.45, 7) is 14.2. The Morgan fingerprint density at radius 2 is 1.96 bits per heavy atom. The van der Waals surface area contributed by atoms with E-state index in [0.717, 1.165) is 32.0 Å². The van der Waals surface area contributed by atoms with Crippen molar-refractivity contribution in [1.82, 2.24) is 20.4 Å². The number of likely N-dealkylation sites (tertiary alicyclic amines) is 1. The highest BCUT2D eigenvalue weighted by atomic mass is 127. The molecule has 3 amide bonds. The van der Waals surface area contributed by atoms with Crippen molar-refractivity contribution in [3.8, 4) is 0 Å². The van der Waals surface area contributed by atoms with Crippen LogP contribution in [0.3, 0.4) is 0 Å². The van der Waals surface area contributed by atoms with Gasteiger partial charge in [0.2, 0.25) is 0 Å². The summed E-state index contributed by atoms with van der Waals surface area (Å²) >= 11 is 0. The number of carbonyl (C=O) groups excluding carboxylic acids is 2. The quantitative estimate of drug-likeness (QED) is 0.202. The molecule has 26 heavy (non-hydrogen) atoms. The number of rotatable bonds is 6. The SMILES string of the molecule is CCNC(=NCCCN1C(=O)NC(C)(CC)C1=O)N1CCC(C)(C)C1.I. The van der Waals surface area contributed by atoms with Crippen molar-refractivity contribution < 1.29 is 9.59 Å². The highest BCUT2D eigenvalue weighted by molar-refractivity contribution is 14.0. The molecule has 2 fully saturated rings. The van der Waals surface area contributed by atoms with Gasteiger partial charge < -0.3 is 15.5 Å². The Balaban J connectivity index is 0.00000338. The first-order valence-electron chi connectivity index (χ1n) is 9.40. The zero-order valence-corrected chi connectivity index (χ0v) is 19.1. The maximum atomic E-state index is 12.4. The summed E-state index contributed by atoms with van der Waals surface area (Å²) in [6, 6.07) is -0.286. The van der Waals surface area contributed by atoms with Crippen LogP contribution in [-0.2, 0) is 4.79 Å². The Labute approximate surface area is 174 Å². The normalized spacial score (nSPS) is 25.3. The van der Waals surface area contributed by atoms with Gasteiger partial charge in [0.25, 0.3) is 5.91 Å². The molecular formula is C18H34IN5O2. The number of nitrogens with one attached hydrogen (secondary N) is 2. The molecule has 1 atom stereocenters. The molecule has 0 aromatic carbocycles. The molecule has 2 saturated heterocycles. The van der Waals surface area contributed by atoms with Gasteiger partial charge >= 0.3 is 6.03 Å². The fraction of sp³-hybridized carbons (Fsp3) is 0.833. The van der Waals surface area contributed by atoms with Gasteiger partial charge in [0.05, 0.1) is 0 Å². The van der Waals surface area contributed by atoms with Crippen molar-refractivity contribution in [3.63, 3.8) is 0 Å². The molecule has 8 heteroatoms. The van der Waals surface area contributed by atoms with Crippen molar-refractivity contribution in [2.75, 3.05) is 32.7 Å². The third-order valence-electron chi connectivity index (χ3n) is 5.17. The van der Waals surface area contributed by atoms with Gasteiger partial charge in [-0.3, -0.25) is 14.7 Å². The highest BCUT2D eigenvalue weighted by Gasteiger charge is 2.45. The monoisotopic (exact) mass is 479 g/mol. The average Bonchev–Trinajstić information content (AvgIpc) is 3.02. The van der Waals surface area contributed by atoms with Crippen LogP contribution in [0, 0.1) is 5.41 Å². The third-order valence-corrected chi connectivity index (χ3v) is 5.17. The molecule has 2 rings (SSSR count). The number of imide groups is 1. The van der Waals surface area contributed by atoms with Gasteiger partial charge in [-0.25, -0.2) is 4.79 Å². The van der Waals surface area contributed by atoms with E-state index < -0.39 is 5.54 Å². The average molecular weight is 479 g/mol. The third kappa shape index (κ3) is 5.23. The molecule has 0 saturated carbocycles. The van der Waals surface area contributed by atoms with E-state index in [1.54, 1.807) is 6.92 Å². The maximum absolute atomic E-state index is 12.4. The molecule has 0 spiro atoms. The summed E-state index contributed by atoms with van der Waals surface area (Å²) < 4.78 is 0. The molecule has 2 aliphatic rings. The summed E-state index contributed by atoms with van der Waals surface area (Å²) in [4.78, 5) is 32.7. The number of hydrogen-bond donors (Lipinski definition) is 2. The number of halogens is 1. The van der Waals surface area contributed by atoms with Crippen LogP contribution in [0.2, 0.25) is 0 Å². The van der Waals surface area contributed by atoms with E-state index in [1.807, 2.05) is 6.92 Å². The lowest BCUT2D eigenvalue weighted by Crippen LogP contribution is -2.43. The van der Waals surface area contributed by atoms with Crippen LogP contribution in [0.15, 0.2) is 4.99 Å². The summed E-state index contributed by atoms with van der Waals surface area (Å²) in [6.07, 6.45) is 2.43. The molecule has 0 radical (unpaired) electrons. The van der Waals surface area contributed by atoms with Gasteiger partial charge in [0, 0.05) is 32.7 Å². The van der Waals surface area contributed by atoms with Crippen LogP contribution >= 0.6 is 24.0 Å². The van der Waals surface area contributed by atoms with Gasteiger partial charge in [-0.2, -0.15) is 0 Å². The molecular weight excluding hydrogens is 445 g/mol. The summed E-state index contributed by atoms with van der Waals surface area (Å²) in [5, 5.41) is 6.13. The lowest BCUT2D eigenvalue weighted by Gasteiger charge is -2.23. The summed E-state index contributed by atoms with van der Waals surface area (Å²) in [5.74, 6) is 0.806. The zero-order chi connectivity index (χ0) is 18.7. The van der Waals surface area contributed by atoms with Crippen molar-refractivity contribution in [1.29, 1.82) is 0 Å². The predicted molar refractivity (Wildman–Crippen MR) is 115 cm³/mol. The standard InChI is InChI=1S/C18H33N5O2.HI/c1-6-18(5)14(24)23(16(25)21-18)11-8-10-20-15(19-7-2)22-12-9-17(3,4)13-22;/h6-13H2,1-5H3,(H,19,20)(H,21,25);1H. The van der Waals surface area contributed by atoms with Gasteiger partial charge in [0.1, 0.15) is 5.54 Å². The van der Waals surface area contributed by atoms with E-state index in [4.69, 9.17) is 4.99 Å². The van der Waals surface area contributed by atoms with Crippen molar-refractivity contribution in [3.05, 3.63) is 0 Å². The van der Waals surface area contributed by atoms with Crippen molar-refractivity contribution in [2.24, 2.45) is 10.4 Å². The van der Waals surface area contributed by atoms with Crippen LogP contribution in [0.5, 0.6) is 0 Å². The molecule has 2 aliphatic heterocycles.